The molecule has 0 radical (unpaired) electrons. The number of halogens is 1. The molecule has 1 fully saturated rings. The molecule has 6 nitrogen and oxygen atoms in total. The number of benzene rings is 1. The van der Waals surface area contributed by atoms with Gasteiger partial charge in [0.25, 0.3) is 0 Å². The molecule has 0 spiro atoms. The molecule has 1 aromatic heterocycles. The van der Waals surface area contributed by atoms with Crippen LogP contribution in [0.2, 0.25) is 0 Å². The van der Waals surface area contributed by atoms with Crippen molar-refractivity contribution in [3.8, 4) is 0 Å². The quantitative estimate of drug-likeness (QED) is 0.801. The Balaban J connectivity index is 1.41. The summed E-state index contributed by atoms with van der Waals surface area (Å²) in [5, 5.41) is 3.97. The van der Waals surface area contributed by atoms with Crippen molar-refractivity contribution in [2.45, 2.75) is 32.7 Å². The molecule has 2 aromatic rings. The Morgan fingerprint density at radius 2 is 1.92 bits per heavy atom. The van der Waals surface area contributed by atoms with Crippen molar-refractivity contribution in [3.63, 3.8) is 0 Å². The van der Waals surface area contributed by atoms with Gasteiger partial charge in [0.15, 0.2) is 5.82 Å². The lowest BCUT2D eigenvalue weighted by Crippen LogP contribution is -2.48. The summed E-state index contributed by atoms with van der Waals surface area (Å²) in [5.41, 5.74) is 0.984. The molecule has 7 heteroatoms. The van der Waals surface area contributed by atoms with E-state index in [4.69, 9.17) is 4.52 Å². The highest BCUT2D eigenvalue weighted by atomic mass is 19.1. The third-order valence-corrected chi connectivity index (χ3v) is 4.44. The normalized spacial score (nSPS) is 15.5. The molecular weight excluding hydrogens is 323 g/mol. The fourth-order valence-corrected chi connectivity index (χ4v) is 2.91. The zero-order valence-corrected chi connectivity index (χ0v) is 14.4. The van der Waals surface area contributed by atoms with Gasteiger partial charge in [-0.2, -0.15) is 4.98 Å². The maximum absolute atomic E-state index is 12.9. The molecule has 3 rings (SSSR count). The average Bonchev–Trinajstić information content (AvgIpc) is 3.09. The Labute approximate surface area is 146 Å². The van der Waals surface area contributed by atoms with Crippen molar-refractivity contribution < 1.29 is 13.7 Å². The van der Waals surface area contributed by atoms with E-state index in [1.165, 1.54) is 12.1 Å². The minimum absolute atomic E-state index is 0.150. The number of aryl methyl sites for hydroxylation is 2. The van der Waals surface area contributed by atoms with Gasteiger partial charge in [-0.1, -0.05) is 24.2 Å². The van der Waals surface area contributed by atoms with Gasteiger partial charge < -0.3 is 9.42 Å². The Hall–Kier alpha value is -2.28. The van der Waals surface area contributed by atoms with Crippen LogP contribution in [0.4, 0.5) is 4.39 Å². The van der Waals surface area contributed by atoms with Crippen LogP contribution in [0.15, 0.2) is 28.8 Å². The zero-order valence-electron chi connectivity index (χ0n) is 14.4. The van der Waals surface area contributed by atoms with Gasteiger partial charge in [-0.15, -0.1) is 0 Å². The molecule has 134 valence electrons. The van der Waals surface area contributed by atoms with Gasteiger partial charge in [0, 0.05) is 39.0 Å². The molecule has 1 saturated heterocycles. The molecule has 0 N–H and O–H groups in total. The van der Waals surface area contributed by atoms with Gasteiger partial charge >= 0.3 is 0 Å². The number of nitrogens with zero attached hydrogens (tertiary/aromatic N) is 4. The number of amides is 1. The predicted molar refractivity (Wildman–Crippen MR) is 90.3 cm³/mol. The topological polar surface area (TPSA) is 62.5 Å². The number of piperazine rings is 1. The van der Waals surface area contributed by atoms with E-state index >= 15 is 0 Å². The molecule has 1 aliphatic rings. The first kappa shape index (κ1) is 17.5. The van der Waals surface area contributed by atoms with E-state index in [0.717, 1.165) is 25.1 Å². The molecule has 0 bridgehead atoms. The lowest BCUT2D eigenvalue weighted by atomic mass is 10.1. The van der Waals surface area contributed by atoms with Crippen molar-refractivity contribution >= 4 is 5.91 Å². The standard InChI is InChI=1S/C18H23FN4O2/c1-2-17-20-16(21-25-17)13-22-9-11-23(12-10-22)18(24)8-5-14-3-6-15(19)7-4-14/h3-4,6-7H,2,5,8-13H2,1H3. The highest BCUT2D eigenvalue weighted by Gasteiger charge is 2.22. The lowest BCUT2D eigenvalue weighted by molar-refractivity contribution is -0.133. The van der Waals surface area contributed by atoms with E-state index < -0.39 is 0 Å². The first-order chi connectivity index (χ1) is 12.1. The second kappa shape index (κ2) is 8.20. The molecule has 1 aromatic carbocycles. The summed E-state index contributed by atoms with van der Waals surface area (Å²) < 4.78 is 18.0. The van der Waals surface area contributed by atoms with Gasteiger partial charge in [-0.05, 0) is 24.1 Å². The molecule has 25 heavy (non-hydrogen) atoms. The summed E-state index contributed by atoms with van der Waals surface area (Å²) in [6.45, 7) is 5.66. The molecule has 0 atom stereocenters. The van der Waals surface area contributed by atoms with Gasteiger partial charge in [-0.3, -0.25) is 9.69 Å². The third kappa shape index (κ3) is 4.85. The van der Waals surface area contributed by atoms with Crippen LogP contribution in [0.1, 0.15) is 30.6 Å². The predicted octanol–water partition coefficient (Wildman–Crippen LogP) is 2.05. The van der Waals surface area contributed by atoms with Crippen molar-refractivity contribution in [2.24, 2.45) is 0 Å². The number of hydrogen-bond donors (Lipinski definition) is 0. The van der Waals surface area contributed by atoms with Gasteiger partial charge in [-0.25, -0.2) is 4.39 Å². The van der Waals surface area contributed by atoms with Crippen LogP contribution in [0.3, 0.4) is 0 Å². The van der Waals surface area contributed by atoms with Crippen LogP contribution in [-0.2, 0) is 24.2 Å². The number of aromatic nitrogens is 2. The second-order valence-electron chi connectivity index (χ2n) is 6.24. The van der Waals surface area contributed by atoms with Crippen LogP contribution < -0.4 is 0 Å². The SMILES string of the molecule is CCc1nc(CN2CCN(C(=O)CCc3ccc(F)cc3)CC2)no1. The summed E-state index contributed by atoms with van der Waals surface area (Å²) in [5.74, 6) is 1.26. The van der Waals surface area contributed by atoms with E-state index in [1.54, 1.807) is 12.1 Å². The molecule has 0 saturated carbocycles. The fourth-order valence-electron chi connectivity index (χ4n) is 2.91. The molecular formula is C18H23FN4O2. The molecule has 1 amide bonds. The van der Waals surface area contributed by atoms with Gasteiger partial charge in [0.2, 0.25) is 11.8 Å². The Kier molecular flexibility index (Phi) is 5.75. The zero-order chi connectivity index (χ0) is 17.6. The van der Waals surface area contributed by atoms with Crippen molar-refractivity contribution in [1.82, 2.24) is 19.9 Å². The lowest BCUT2D eigenvalue weighted by Gasteiger charge is -2.34. The van der Waals surface area contributed by atoms with E-state index in [0.29, 0.717) is 44.2 Å². The first-order valence-corrected chi connectivity index (χ1v) is 8.70. The van der Waals surface area contributed by atoms with Gasteiger partial charge in [0.05, 0.1) is 6.54 Å². The minimum atomic E-state index is -0.251. The van der Waals surface area contributed by atoms with Crippen LogP contribution in [0.25, 0.3) is 0 Å². The Morgan fingerprint density at radius 3 is 2.56 bits per heavy atom. The fraction of sp³-hybridized carbons (Fsp3) is 0.500. The summed E-state index contributed by atoms with van der Waals surface area (Å²) in [7, 11) is 0. The Bertz CT molecular complexity index is 693. The third-order valence-electron chi connectivity index (χ3n) is 4.44. The van der Waals surface area contributed by atoms with Crippen molar-refractivity contribution in [2.75, 3.05) is 26.2 Å². The smallest absolute Gasteiger partial charge is 0.226 e. The number of rotatable bonds is 6. The monoisotopic (exact) mass is 346 g/mol. The highest BCUT2D eigenvalue weighted by Crippen LogP contribution is 2.11. The Morgan fingerprint density at radius 1 is 1.20 bits per heavy atom. The second-order valence-corrected chi connectivity index (χ2v) is 6.24. The summed E-state index contributed by atoms with van der Waals surface area (Å²) in [6, 6.07) is 6.33. The summed E-state index contributed by atoms with van der Waals surface area (Å²) in [4.78, 5) is 20.8. The number of hydrogen-bond acceptors (Lipinski definition) is 5. The summed E-state index contributed by atoms with van der Waals surface area (Å²) in [6.07, 6.45) is 1.83. The van der Waals surface area contributed by atoms with Crippen molar-refractivity contribution in [3.05, 3.63) is 47.4 Å². The van der Waals surface area contributed by atoms with Gasteiger partial charge in [0.1, 0.15) is 5.82 Å². The molecule has 2 heterocycles. The molecule has 0 unspecified atom stereocenters. The molecule has 1 aliphatic heterocycles. The van der Waals surface area contributed by atoms with Crippen LogP contribution in [-0.4, -0.2) is 52.0 Å². The summed E-state index contributed by atoms with van der Waals surface area (Å²) >= 11 is 0. The van der Waals surface area contributed by atoms with E-state index in [-0.39, 0.29) is 11.7 Å². The van der Waals surface area contributed by atoms with Crippen LogP contribution in [0, 0.1) is 5.82 Å². The average molecular weight is 346 g/mol. The highest BCUT2D eigenvalue weighted by molar-refractivity contribution is 5.76. The van der Waals surface area contributed by atoms with E-state index in [1.807, 2.05) is 11.8 Å². The maximum atomic E-state index is 12.9. The largest absolute Gasteiger partial charge is 0.340 e. The maximum Gasteiger partial charge on any atom is 0.226 e. The first-order valence-electron chi connectivity index (χ1n) is 8.70. The van der Waals surface area contributed by atoms with Crippen LogP contribution >= 0.6 is 0 Å². The minimum Gasteiger partial charge on any atom is -0.340 e. The molecule has 0 aliphatic carbocycles. The number of carbonyl (C=O) groups is 1. The van der Waals surface area contributed by atoms with E-state index in [9.17, 15) is 9.18 Å². The van der Waals surface area contributed by atoms with Crippen LogP contribution in [0.5, 0.6) is 0 Å². The van der Waals surface area contributed by atoms with Crippen molar-refractivity contribution in [1.29, 1.82) is 0 Å². The van der Waals surface area contributed by atoms with E-state index in [2.05, 4.69) is 15.0 Å². The number of carbonyl (C=O) groups excluding carboxylic acids is 1.